The van der Waals surface area contributed by atoms with E-state index in [2.05, 4.69) is 10.4 Å². The zero-order valence-corrected chi connectivity index (χ0v) is 11.3. The Morgan fingerprint density at radius 3 is 3.06 bits per heavy atom. The van der Waals surface area contributed by atoms with Crippen molar-refractivity contribution in [3.8, 4) is 0 Å². The second-order valence-corrected chi connectivity index (χ2v) is 4.78. The van der Waals surface area contributed by atoms with Crippen LogP contribution in [0.2, 0.25) is 0 Å². The normalized spacial score (nSPS) is 23.5. The lowest BCUT2D eigenvalue weighted by Crippen LogP contribution is -2.37. The molecule has 5 heteroatoms. The van der Waals surface area contributed by atoms with E-state index in [1.54, 1.807) is 0 Å². The maximum absolute atomic E-state index is 12.3. The van der Waals surface area contributed by atoms with Crippen LogP contribution in [0.15, 0.2) is 6.07 Å². The summed E-state index contributed by atoms with van der Waals surface area (Å²) in [5, 5.41) is 7.51. The van der Waals surface area contributed by atoms with Crippen LogP contribution in [0, 0.1) is 12.8 Å². The fraction of sp³-hybridized carbons (Fsp3) is 0.692. The molecule has 100 valence electrons. The molecule has 0 spiro atoms. The van der Waals surface area contributed by atoms with Gasteiger partial charge in [0.25, 0.3) is 0 Å². The molecule has 1 saturated heterocycles. The molecule has 2 heterocycles. The van der Waals surface area contributed by atoms with E-state index in [1.807, 2.05) is 31.6 Å². The minimum Gasteiger partial charge on any atom is -0.379 e. The van der Waals surface area contributed by atoms with Crippen LogP contribution in [0.4, 0.5) is 0 Å². The van der Waals surface area contributed by atoms with E-state index in [0.717, 1.165) is 17.9 Å². The van der Waals surface area contributed by atoms with E-state index >= 15 is 0 Å². The topological polar surface area (TPSA) is 56.2 Å². The van der Waals surface area contributed by atoms with Gasteiger partial charge >= 0.3 is 0 Å². The first-order valence-electron chi connectivity index (χ1n) is 6.46. The van der Waals surface area contributed by atoms with Gasteiger partial charge in [0.2, 0.25) is 0 Å². The summed E-state index contributed by atoms with van der Waals surface area (Å²) in [4.78, 5) is 12.3. The van der Waals surface area contributed by atoms with Crippen LogP contribution < -0.4 is 5.32 Å². The molecule has 1 fully saturated rings. The Morgan fingerprint density at radius 2 is 2.39 bits per heavy atom. The van der Waals surface area contributed by atoms with Gasteiger partial charge in [-0.25, -0.2) is 0 Å². The highest BCUT2D eigenvalue weighted by molar-refractivity contribution is 5.84. The number of ketones is 1. The minimum atomic E-state index is -0.0319. The Kier molecular flexibility index (Phi) is 4.14. The van der Waals surface area contributed by atoms with Crippen LogP contribution in [0.3, 0.4) is 0 Å². The maximum atomic E-state index is 12.3. The van der Waals surface area contributed by atoms with Crippen molar-refractivity contribution in [1.29, 1.82) is 0 Å². The van der Waals surface area contributed by atoms with Crippen LogP contribution in [0.5, 0.6) is 0 Å². The summed E-state index contributed by atoms with van der Waals surface area (Å²) >= 11 is 0. The second-order valence-electron chi connectivity index (χ2n) is 4.78. The highest BCUT2D eigenvalue weighted by Gasteiger charge is 2.33. The first-order chi connectivity index (χ1) is 8.65. The largest absolute Gasteiger partial charge is 0.379 e. The second kappa shape index (κ2) is 5.63. The number of aryl methyl sites for hydroxylation is 2. The van der Waals surface area contributed by atoms with Crippen LogP contribution >= 0.6 is 0 Å². The van der Waals surface area contributed by atoms with Crippen LogP contribution in [-0.2, 0) is 22.5 Å². The van der Waals surface area contributed by atoms with Gasteiger partial charge in [0.1, 0.15) is 5.78 Å². The summed E-state index contributed by atoms with van der Waals surface area (Å²) in [5.74, 6) is 0.206. The van der Waals surface area contributed by atoms with E-state index in [-0.39, 0.29) is 17.7 Å². The zero-order chi connectivity index (χ0) is 13.1. The number of nitrogens with one attached hydrogen (secondary N) is 1. The monoisotopic (exact) mass is 251 g/mol. The summed E-state index contributed by atoms with van der Waals surface area (Å²) in [5.41, 5.74) is 1.97. The Morgan fingerprint density at radius 1 is 1.61 bits per heavy atom. The van der Waals surface area contributed by atoms with Gasteiger partial charge in [0.15, 0.2) is 0 Å². The number of Topliss-reactive ketones (excluding diaryl/α,β-unsaturated/α-hetero) is 1. The number of carbonyl (C=O) groups excluding carboxylic acids is 1. The Labute approximate surface area is 108 Å². The lowest BCUT2D eigenvalue weighted by atomic mass is 9.95. The van der Waals surface area contributed by atoms with Gasteiger partial charge in [-0.2, -0.15) is 5.10 Å². The van der Waals surface area contributed by atoms with Crippen molar-refractivity contribution in [2.24, 2.45) is 5.92 Å². The first-order valence-corrected chi connectivity index (χ1v) is 6.46. The molecular formula is C13H21N3O2. The summed E-state index contributed by atoms with van der Waals surface area (Å²) in [7, 11) is 1.88. The molecule has 1 aliphatic rings. The molecule has 0 amide bonds. The van der Waals surface area contributed by atoms with Crippen LogP contribution in [0.1, 0.15) is 18.3 Å². The summed E-state index contributed by atoms with van der Waals surface area (Å²) in [6.07, 6.45) is 0.445. The molecule has 1 N–H and O–H groups in total. The summed E-state index contributed by atoms with van der Waals surface area (Å²) in [6.45, 7) is 5.94. The first kappa shape index (κ1) is 13.2. The van der Waals surface area contributed by atoms with Gasteiger partial charge < -0.3 is 10.1 Å². The van der Waals surface area contributed by atoms with Crippen molar-refractivity contribution in [2.75, 3.05) is 20.3 Å². The summed E-state index contributed by atoms with van der Waals surface area (Å²) < 4.78 is 7.28. The SMILES string of the molecule is CCn1nc(C)cc1CC(=O)C1COCC1NC. The number of rotatable bonds is 5. The van der Waals surface area contributed by atoms with Crippen molar-refractivity contribution >= 4 is 5.78 Å². The molecule has 2 atom stereocenters. The molecule has 1 aromatic heterocycles. The molecular weight excluding hydrogens is 230 g/mol. The molecule has 2 unspecified atom stereocenters. The number of ether oxygens (including phenoxy) is 1. The van der Waals surface area contributed by atoms with Gasteiger partial charge in [-0.15, -0.1) is 0 Å². The van der Waals surface area contributed by atoms with Gasteiger partial charge in [0.05, 0.1) is 24.8 Å². The molecule has 0 aromatic carbocycles. The van der Waals surface area contributed by atoms with Gasteiger partial charge in [-0.1, -0.05) is 0 Å². The van der Waals surface area contributed by atoms with Crippen molar-refractivity contribution in [2.45, 2.75) is 32.9 Å². The third-order valence-electron chi connectivity index (χ3n) is 3.51. The molecule has 0 radical (unpaired) electrons. The molecule has 2 rings (SSSR count). The van der Waals surface area contributed by atoms with Gasteiger partial charge in [-0.3, -0.25) is 9.48 Å². The summed E-state index contributed by atoms with van der Waals surface area (Å²) in [6, 6.07) is 2.14. The Bertz CT molecular complexity index is 428. The maximum Gasteiger partial charge on any atom is 0.145 e. The standard InChI is InChI=1S/C13H21N3O2/c1-4-16-10(5-9(2)15-16)6-13(17)11-7-18-8-12(11)14-3/h5,11-12,14H,4,6-8H2,1-3H3. The van der Waals surface area contributed by atoms with Gasteiger partial charge in [0, 0.05) is 24.7 Å². The number of hydrogen-bond donors (Lipinski definition) is 1. The highest BCUT2D eigenvalue weighted by Crippen LogP contribution is 2.17. The zero-order valence-electron chi connectivity index (χ0n) is 11.3. The number of nitrogens with zero attached hydrogens (tertiary/aromatic N) is 2. The molecule has 0 saturated carbocycles. The van der Waals surface area contributed by atoms with E-state index < -0.39 is 0 Å². The van der Waals surface area contributed by atoms with Crippen LogP contribution in [0.25, 0.3) is 0 Å². The molecule has 0 bridgehead atoms. The minimum absolute atomic E-state index is 0.0319. The Hall–Kier alpha value is -1.20. The third kappa shape index (κ3) is 2.62. The third-order valence-corrected chi connectivity index (χ3v) is 3.51. The van der Waals surface area contributed by atoms with Crippen molar-refractivity contribution in [1.82, 2.24) is 15.1 Å². The fourth-order valence-corrected chi connectivity index (χ4v) is 2.48. The highest BCUT2D eigenvalue weighted by atomic mass is 16.5. The lowest BCUT2D eigenvalue weighted by molar-refractivity contribution is -0.122. The van der Waals surface area contributed by atoms with Gasteiger partial charge in [-0.05, 0) is 27.0 Å². The predicted molar refractivity (Wildman–Crippen MR) is 68.5 cm³/mol. The number of carbonyl (C=O) groups is 1. The molecule has 0 aliphatic carbocycles. The molecule has 1 aliphatic heterocycles. The lowest BCUT2D eigenvalue weighted by Gasteiger charge is -2.15. The molecule has 5 nitrogen and oxygen atoms in total. The van der Waals surface area contributed by atoms with Crippen LogP contribution in [-0.4, -0.2) is 41.9 Å². The Balaban J connectivity index is 2.06. The number of likely N-dealkylation sites (N-methyl/N-ethyl adjacent to an activating group) is 1. The molecule has 18 heavy (non-hydrogen) atoms. The average Bonchev–Trinajstić information content (AvgIpc) is 2.95. The van der Waals surface area contributed by atoms with E-state index in [9.17, 15) is 4.79 Å². The quantitative estimate of drug-likeness (QED) is 0.830. The fourth-order valence-electron chi connectivity index (χ4n) is 2.48. The number of aromatic nitrogens is 2. The van der Waals surface area contributed by atoms with E-state index in [4.69, 9.17) is 4.74 Å². The average molecular weight is 251 g/mol. The van der Waals surface area contributed by atoms with E-state index in [0.29, 0.717) is 19.6 Å². The predicted octanol–water partition coefficient (Wildman–Crippen LogP) is 0.557. The van der Waals surface area contributed by atoms with Crippen molar-refractivity contribution < 1.29 is 9.53 Å². The van der Waals surface area contributed by atoms with Crippen molar-refractivity contribution in [3.05, 3.63) is 17.5 Å². The number of hydrogen-bond acceptors (Lipinski definition) is 4. The molecule has 1 aromatic rings. The van der Waals surface area contributed by atoms with E-state index in [1.165, 1.54) is 0 Å². The smallest absolute Gasteiger partial charge is 0.145 e. The van der Waals surface area contributed by atoms with Crippen molar-refractivity contribution in [3.63, 3.8) is 0 Å².